The molecule has 0 unspecified atom stereocenters. The molecule has 0 aromatic carbocycles. The van der Waals surface area contributed by atoms with Crippen LogP contribution in [0.4, 0.5) is 0 Å². The molecule has 0 aliphatic rings. The van der Waals surface area contributed by atoms with Gasteiger partial charge in [-0.05, 0) is 7.05 Å². The Morgan fingerprint density at radius 3 is 1.50 bits per heavy atom. The average Bonchev–Trinajstić information content (AvgIpc) is 1.71. The molecule has 0 aromatic heterocycles. The van der Waals surface area contributed by atoms with Crippen molar-refractivity contribution in [2.24, 2.45) is 0 Å². The van der Waals surface area contributed by atoms with Gasteiger partial charge >= 0.3 is 25.9 Å². The van der Waals surface area contributed by atoms with Gasteiger partial charge in [-0.15, -0.1) is 0 Å². The third kappa shape index (κ3) is 16.4. The van der Waals surface area contributed by atoms with Gasteiger partial charge in [0.15, 0.2) is 0 Å². The molecule has 0 aliphatic carbocycles. The zero-order valence-electron chi connectivity index (χ0n) is 4.10. The van der Waals surface area contributed by atoms with E-state index in [4.69, 9.17) is 19.2 Å². The molecule has 0 bridgehead atoms. The third-order valence-corrected chi connectivity index (χ3v) is 0.335. The minimum absolute atomic E-state index is 1.21. The molecule has 0 saturated heterocycles. The van der Waals surface area contributed by atoms with Gasteiger partial charge in [-0.2, -0.15) is 0 Å². The molecule has 5 nitrogen and oxygen atoms in total. The molecule has 0 aliphatic heterocycles. The Balaban J connectivity index is 0. The van der Waals surface area contributed by atoms with Gasteiger partial charge < -0.3 is 15.3 Å². The number of aliphatic hydroxyl groups is 3. The predicted molar refractivity (Wildman–Crippen MR) is 19.1 cm³/mol. The van der Waals surface area contributed by atoms with E-state index < -0.39 is 6.10 Å². The summed E-state index contributed by atoms with van der Waals surface area (Å²) in [6.45, 7) is 0. The van der Waals surface area contributed by atoms with Crippen molar-refractivity contribution in [3.63, 3.8) is 0 Å². The van der Waals surface area contributed by atoms with Gasteiger partial charge in [0.05, 0.1) is 0 Å². The molecule has 6 heteroatoms. The average molecular weight is 165 g/mol. The molecule has 0 amide bonds. The molecular weight excluding hydrogens is 158 g/mol. The Bertz CT molecular complexity index is 52.5. The first-order valence-electron chi connectivity index (χ1n) is 1.57. The van der Waals surface area contributed by atoms with Crippen molar-refractivity contribution in [1.29, 1.82) is 0 Å². The Morgan fingerprint density at radius 2 is 1.50 bits per heavy atom. The van der Waals surface area contributed by atoms with Gasteiger partial charge in [0, 0.05) is 0 Å². The Morgan fingerprint density at radius 1 is 1.38 bits per heavy atom. The van der Waals surface area contributed by atoms with Gasteiger partial charge in [-0.1, -0.05) is 0 Å². The van der Waals surface area contributed by atoms with Crippen LogP contribution in [0.2, 0.25) is 0 Å². The second-order valence-electron chi connectivity index (χ2n) is 0.885. The van der Waals surface area contributed by atoms with E-state index in [1.807, 2.05) is 15.9 Å². The second kappa shape index (κ2) is 5.30. The van der Waals surface area contributed by atoms with Crippen LogP contribution in [0.15, 0.2) is 0 Å². The second-order valence-corrected chi connectivity index (χ2v) is 0.885. The molecule has 0 saturated carbocycles. The van der Waals surface area contributed by atoms with Crippen molar-refractivity contribution in [2.45, 2.75) is 6.10 Å². The summed E-state index contributed by atoms with van der Waals surface area (Å²) < 4.78 is 8.00. The van der Waals surface area contributed by atoms with Crippen LogP contribution in [-0.2, 0) is 19.8 Å². The number of rotatable bonds is 1. The summed E-state index contributed by atoms with van der Waals surface area (Å²) in [5.74, 6) is 0. The summed E-state index contributed by atoms with van der Waals surface area (Å²) in [5, 5.41) is 25.3. The molecule has 0 atom stereocenters. The van der Waals surface area contributed by atoms with Crippen LogP contribution in [-0.4, -0.2) is 28.5 Å². The quantitative estimate of drug-likeness (QED) is 0.258. The minimum atomic E-state index is -2.71. The summed E-state index contributed by atoms with van der Waals surface area (Å²) >= 11 is 2.00. The van der Waals surface area contributed by atoms with Crippen LogP contribution in [0.3, 0.4) is 0 Å². The summed E-state index contributed by atoms with van der Waals surface area (Å²) in [4.78, 5) is 0. The Labute approximate surface area is 54.3 Å². The van der Waals surface area contributed by atoms with E-state index in [2.05, 4.69) is 0 Å². The third-order valence-electron chi connectivity index (χ3n) is 0.335. The van der Waals surface area contributed by atoms with Gasteiger partial charge in [0.1, 0.15) is 0 Å². The first-order chi connectivity index (χ1) is 3.56. The van der Waals surface area contributed by atoms with E-state index in [-0.39, 0.29) is 0 Å². The van der Waals surface area contributed by atoms with Gasteiger partial charge in [0.2, 0.25) is 0 Å². The van der Waals surface area contributed by atoms with Crippen molar-refractivity contribution in [1.82, 2.24) is 5.32 Å². The van der Waals surface area contributed by atoms with Crippen LogP contribution in [0.5, 0.6) is 0 Å². The Hall–Kier alpha value is 0.159. The van der Waals surface area contributed by atoms with Crippen LogP contribution < -0.4 is 5.32 Å². The number of nitrogens with one attached hydrogen (secondary N) is 1. The molecule has 4 N–H and O–H groups in total. The molecule has 0 heterocycles. The SMILES string of the molecule is CNC(O)(O)O.[O]=[Fe]. The Kier molecular flexibility index (Phi) is 7.30. The van der Waals surface area contributed by atoms with Crippen LogP contribution >= 0.6 is 0 Å². The molecule has 8 heavy (non-hydrogen) atoms. The van der Waals surface area contributed by atoms with Crippen molar-refractivity contribution >= 4 is 0 Å². The van der Waals surface area contributed by atoms with Crippen molar-refractivity contribution in [2.75, 3.05) is 7.05 Å². The fourth-order valence-electron chi connectivity index (χ4n) is 0. The summed E-state index contributed by atoms with van der Waals surface area (Å²) in [7, 11) is 1.21. The van der Waals surface area contributed by atoms with Crippen LogP contribution in [0, 0.1) is 0 Å². The number of hydrogen-bond donors (Lipinski definition) is 4. The molecule has 52 valence electrons. The number of hydrogen-bond acceptors (Lipinski definition) is 5. The van der Waals surface area contributed by atoms with Gasteiger partial charge in [-0.25, -0.2) is 5.32 Å². The van der Waals surface area contributed by atoms with E-state index >= 15 is 0 Å². The maximum atomic E-state index is 8.00. The first-order valence-corrected chi connectivity index (χ1v) is 2.02. The van der Waals surface area contributed by atoms with E-state index in [0.717, 1.165) is 0 Å². The maximum absolute atomic E-state index is 8.00. The molecule has 0 radical (unpaired) electrons. The molecular formula is C2H7FeNO4. The predicted octanol–water partition coefficient (Wildman–Crippen LogP) is -2.33. The summed E-state index contributed by atoms with van der Waals surface area (Å²) in [6.07, 6.45) is -2.71. The van der Waals surface area contributed by atoms with E-state index in [9.17, 15) is 0 Å². The van der Waals surface area contributed by atoms with Gasteiger partial charge in [0.25, 0.3) is 0 Å². The van der Waals surface area contributed by atoms with E-state index in [1.165, 1.54) is 7.05 Å². The van der Waals surface area contributed by atoms with Crippen molar-refractivity contribution in [3.8, 4) is 0 Å². The fraction of sp³-hybridized carbons (Fsp3) is 1.00. The molecule has 0 aromatic rings. The fourth-order valence-corrected chi connectivity index (χ4v) is 0. The molecule has 0 fully saturated rings. The summed E-state index contributed by atoms with van der Waals surface area (Å²) in [5.41, 5.74) is 0. The molecule has 0 spiro atoms. The van der Waals surface area contributed by atoms with Crippen LogP contribution in [0.25, 0.3) is 0 Å². The summed E-state index contributed by atoms with van der Waals surface area (Å²) in [6, 6.07) is 0. The normalized spacial score (nSPS) is 9.62. The zero-order chi connectivity index (χ0) is 7.21. The monoisotopic (exact) mass is 165 g/mol. The van der Waals surface area contributed by atoms with Gasteiger partial charge in [-0.3, -0.25) is 0 Å². The van der Waals surface area contributed by atoms with E-state index in [0.29, 0.717) is 0 Å². The van der Waals surface area contributed by atoms with E-state index in [1.54, 1.807) is 5.32 Å². The standard InChI is InChI=1S/C2H7NO3.Fe.O/c1-3-2(4,5)6;;/h3-6H,1H3;;. The topological polar surface area (TPSA) is 89.8 Å². The molecule has 0 rings (SSSR count). The zero-order valence-corrected chi connectivity index (χ0v) is 5.21. The first kappa shape index (κ1) is 11.0. The van der Waals surface area contributed by atoms with Crippen molar-refractivity contribution in [3.05, 3.63) is 0 Å². The van der Waals surface area contributed by atoms with Crippen molar-refractivity contribution < 1.29 is 35.1 Å². The van der Waals surface area contributed by atoms with Crippen LogP contribution in [0.1, 0.15) is 0 Å².